The Morgan fingerprint density at radius 2 is 2.12 bits per heavy atom. The summed E-state index contributed by atoms with van der Waals surface area (Å²) in [4.78, 5) is 11.6. The van der Waals surface area contributed by atoms with E-state index in [2.05, 4.69) is 31.7 Å². The van der Waals surface area contributed by atoms with Crippen molar-refractivity contribution in [2.24, 2.45) is 0 Å². The molecule has 2 aromatic rings. The van der Waals surface area contributed by atoms with E-state index in [0.29, 0.717) is 17.3 Å². The van der Waals surface area contributed by atoms with Crippen molar-refractivity contribution < 1.29 is 9.32 Å². The van der Waals surface area contributed by atoms with E-state index in [-0.39, 0.29) is 6.03 Å². The Morgan fingerprint density at radius 3 is 2.76 bits per heavy atom. The van der Waals surface area contributed by atoms with Crippen LogP contribution in [0.1, 0.15) is 5.76 Å². The highest BCUT2D eigenvalue weighted by atomic mass is 79.9. The van der Waals surface area contributed by atoms with Gasteiger partial charge in [0.25, 0.3) is 0 Å². The Hall–Kier alpha value is -1.82. The molecule has 2 amide bonds. The van der Waals surface area contributed by atoms with Gasteiger partial charge in [0.2, 0.25) is 0 Å². The van der Waals surface area contributed by atoms with Gasteiger partial charge in [-0.3, -0.25) is 5.32 Å². The van der Waals surface area contributed by atoms with Gasteiger partial charge in [-0.15, -0.1) is 0 Å². The van der Waals surface area contributed by atoms with E-state index >= 15 is 0 Å². The van der Waals surface area contributed by atoms with Gasteiger partial charge >= 0.3 is 6.03 Å². The molecule has 0 fully saturated rings. The van der Waals surface area contributed by atoms with E-state index in [1.54, 1.807) is 19.1 Å². The van der Waals surface area contributed by atoms with Crippen molar-refractivity contribution in [1.82, 2.24) is 5.16 Å². The third kappa shape index (κ3) is 3.07. The standard InChI is InChI=1S/C11H10BrN3O2/c1-7-6-10(15-17-7)14-11(16)13-9-5-3-2-4-8(9)12/h2-6H,1H3,(H2,13,14,15,16). The van der Waals surface area contributed by atoms with Gasteiger partial charge in [0.05, 0.1) is 5.69 Å². The number of hydrogen-bond acceptors (Lipinski definition) is 3. The largest absolute Gasteiger partial charge is 0.360 e. The van der Waals surface area contributed by atoms with Crippen LogP contribution in [0, 0.1) is 6.92 Å². The van der Waals surface area contributed by atoms with Crippen molar-refractivity contribution in [3.8, 4) is 0 Å². The Balaban J connectivity index is 2.01. The molecule has 0 aliphatic rings. The Morgan fingerprint density at radius 1 is 1.35 bits per heavy atom. The number of halogens is 1. The zero-order chi connectivity index (χ0) is 12.3. The van der Waals surface area contributed by atoms with Crippen molar-refractivity contribution in [1.29, 1.82) is 0 Å². The van der Waals surface area contributed by atoms with Gasteiger partial charge in [-0.2, -0.15) is 0 Å². The van der Waals surface area contributed by atoms with Gasteiger partial charge in [-0.25, -0.2) is 4.79 Å². The predicted molar refractivity (Wildman–Crippen MR) is 68.0 cm³/mol. The fourth-order valence-electron chi connectivity index (χ4n) is 1.26. The minimum absolute atomic E-state index is 0.370. The molecule has 0 radical (unpaired) electrons. The molecule has 2 rings (SSSR count). The van der Waals surface area contributed by atoms with Crippen LogP contribution in [-0.4, -0.2) is 11.2 Å². The van der Waals surface area contributed by atoms with E-state index in [0.717, 1.165) is 4.47 Å². The number of aryl methyl sites for hydroxylation is 1. The van der Waals surface area contributed by atoms with Crippen LogP contribution < -0.4 is 10.6 Å². The highest BCUT2D eigenvalue weighted by Gasteiger charge is 2.07. The molecule has 0 saturated heterocycles. The van der Waals surface area contributed by atoms with E-state index in [1.807, 2.05) is 18.2 Å². The fraction of sp³-hybridized carbons (Fsp3) is 0.0909. The van der Waals surface area contributed by atoms with Crippen LogP contribution in [0.25, 0.3) is 0 Å². The lowest BCUT2D eigenvalue weighted by atomic mass is 10.3. The van der Waals surface area contributed by atoms with Crippen molar-refractivity contribution >= 4 is 33.5 Å². The normalized spacial score (nSPS) is 10.0. The highest BCUT2D eigenvalue weighted by Crippen LogP contribution is 2.21. The molecule has 1 aromatic heterocycles. The summed E-state index contributed by atoms with van der Waals surface area (Å²) in [6.45, 7) is 1.75. The molecular formula is C11H10BrN3O2. The molecule has 0 unspecified atom stereocenters. The third-order valence-corrected chi connectivity index (χ3v) is 2.68. The van der Waals surface area contributed by atoms with Gasteiger partial charge in [0.1, 0.15) is 5.76 Å². The molecule has 0 saturated carbocycles. The summed E-state index contributed by atoms with van der Waals surface area (Å²) >= 11 is 3.34. The fourth-order valence-corrected chi connectivity index (χ4v) is 1.64. The second-order valence-electron chi connectivity index (χ2n) is 3.38. The quantitative estimate of drug-likeness (QED) is 0.892. The number of rotatable bonds is 2. The minimum atomic E-state index is -0.370. The summed E-state index contributed by atoms with van der Waals surface area (Å²) < 4.78 is 5.65. The minimum Gasteiger partial charge on any atom is -0.360 e. The van der Waals surface area contributed by atoms with Crippen molar-refractivity contribution in [3.05, 3.63) is 40.6 Å². The van der Waals surface area contributed by atoms with E-state index in [4.69, 9.17) is 4.52 Å². The molecule has 1 heterocycles. The second kappa shape index (κ2) is 5.01. The molecule has 0 bridgehead atoms. The summed E-state index contributed by atoms with van der Waals surface area (Å²) in [6.07, 6.45) is 0. The van der Waals surface area contributed by atoms with Gasteiger partial charge in [-0.05, 0) is 35.0 Å². The van der Waals surface area contributed by atoms with Crippen LogP contribution in [0.4, 0.5) is 16.3 Å². The number of anilines is 2. The molecule has 1 aromatic carbocycles. The van der Waals surface area contributed by atoms with E-state index < -0.39 is 0 Å². The lowest BCUT2D eigenvalue weighted by Gasteiger charge is -2.06. The summed E-state index contributed by atoms with van der Waals surface area (Å²) in [5.74, 6) is 1.02. The summed E-state index contributed by atoms with van der Waals surface area (Å²) in [5.41, 5.74) is 0.685. The van der Waals surface area contributed by atoms with Crippen LogP contribution >= 0.6 is 15.9 Å². The van der Waals surface area contributed by atoms with Crippen molar-refractivity contribution in [2.75, 3.05) is 10.6 Å². The number of nitrogens with one attached hydrogen (secondary N) is 2. The summed E-state index contributed by atoms with van der Waals surface area (Å²) in [7, 11) is 0. The van der Waals surface area contributed by atoms with E-state index in [1.165, 1.54) is 0 Å². The zero-order valence-electron chi connectivity index (χ0n) is 9.03. The SMILES string of the molecule is Cc1cc(NC(=O)Nc2ccccc2Br)no1. The average Bonchev–Trinajstić information content (AvgIpc) is 2.67. The number of para-hydroxylation sites is 1. The first-order valence-electron chi connectivity index (χ1n) is 4.91. The Kier molecular flexibility index (Phi) is 3.43. The monoisotopic (exact) mass is 295 g/mol. The summed E-state index contributed by atoms with van der Waals surface area (Å²) in [5, 5.41) is 8.91. The maximum absolute atomic E-state index is 11.6. The first-order chi connectivity index (χ1) is 8.15. The molecule has 17 heavy (non-hydrogen) atoms. The molecular weight excluding hydrogens is 286 g/mol. The smallest absolute Gasteiger partial charge is 0.324 e. The molecule has 0 aliphatic carbocycles. The maximum Gasteiger partial charge on any atom is 0.324 e. The number of urea groups is 1. The van der Waals surface area contributed by atoms with Crippen molar-refractivity contribution in [3.63, 3.8) is 0 Å². The van der Waals surface area contributed by atoms with Crippen molar-refractivity contribution in [2.45, 2.75) is 6.92 Å². The molecule has 0 spiro atoms. The number of amides is 2. The zero-order valence-corrected chi connectivity index (χ0v) is 10.6. The van der Waals surface area contributed by atoms with E-state index in [9.17, 15) is 4.79 Å². The topological polar surface area (TPSA) is 67.2 Å². The maximum atomic E-state index is 11.6. The highest BCUT2D eigenvalue weighted by molar-refractivity contribution is 9.10. The second-order valence-corrected chi connectivity index (χ2v) is 4.24. The Bertz CT molecular complexity index is 539. The molecule has 0 aliphatic heterocycles. The number of aromatic nitrogens is 1. The van der Waals surface area contributed by atoms with Crippen LogP contribution in [-0.2, 0) is 0 Å². The van der Waals surface area contributed by atoms with Crippen LogP contribution in [0.5, 0.6) is 0 Å². The van der Waals surface area contributed by atoms with Gasteiger partial charge in [0.15, 0.2) is 5.82 Å². The third-order valence-electron chi connectivity index (χ3n) is 1.99. The van der Waals surface area contributed by atoms with Crippen LogP contribution in [0.2, 0.25) is 0 Å². The van der Waals surface area contributed by atoms with Gasteiger partial charge in [0, 0.05) is 10.5 Å². The van der Waals surface area contributed by atoms with Gasteiger partial charge in [-0.1, -0.05) is 17.3 Å². The first kappa shape index (κ1) is 11.7. The Labute approximate surface area is 106 Å². The molecule has 88 valence electrons. The number of carbonyl (C=O) groups excluding carboxylic acids is 1. The number of benzene rings is 1. The summed E-state index contributed by atoms with van der Waals surface area (Å²) in [6, 6.07) is 8.60. The van der Waals surface area contributed by atoms with Crippen LogP contribution in [0.3, 0.4) is 0 Å². The predicted octanol–water partition coefficient (Wildman–Crippen LogP) is 3.39. The first-order valence-corrected chi connectivity index (χ1v) is 5.70. The van der Waals surface area contributed by atoms with Crippen LogP contribution in [0.15, 0.2) is 39.3 Å². The molecule has 2 N–H and O–H groups in total. The number of nitrogens with zero attached hydrogens (tertiary/aromatic N) is 1. The number of hydrogen-bond donors (Lipinski definition) is 2. The average molecular weight is 296 g/mol. The molecule has 5 nitrogen and oxygen atoms in total. The number of carbonyl (C=O) groups is 1. The molecule has 0 atom stereocenters. The lowest BCUT2D eigenvalue weighted by molar-refractivity contribution is 0.262. The molecule has 6 heteroatoms. The lowest BCUT2D eigenvalue weighted by Crippen LogP contribution is -2.19. The van der Waals surface area contributed by atoms with Gasteiger partial charge < -0.3 is 9.84 Å².